The average molecular weight is 278 g/mol. The molecule has 0 bridgehead atoms. The molecular weight excluding hydrogens is 257 g/mol. The third kappa shape index (κ3) is 6.61. The minimum absolute atomic E-state index is 0.174. The second-order valence-corrected chi connectivity index (χ2v) is 5.22. The Balaban J connectivity index is 2.57. The first-order chi connectivity index (χ1) is 8.78. The second-order valence-electron chi connectivity index (χ2n) is 5.22. The summed E-state index contributed by atoms with van der Waals surface area (Å²) >= 11 is 0. The van der Waals surface area contributed by atoms with Gasteiger partial charge in [0, 0.05) is 20.6 Å². The highest BCUT2D eigenvalue weighted by molar-refractivity contribution is 5.77. The quantitative estimate of drug-likeness (QED) is 0.720. The molecule has 0 fully saturated rings. The molecule has 1 atom stereocenters. The van der Waals surface area contributed by atoms with Crippen LogP contribution in [0.1, 0.15) is 19.3 Å². The molecule has 1 aliphatic carbocycles. The topological polar surface area (TPSA) is 23.6 Å². The van der Waals surface area contributed by atoms with E-state index in [4.69, 9.17) is 0 Å². The number of hydrogen-bond acceptors (Lipinski definition) is 2. The number of allylic oxidation sites excluding steroid dienone is 2. The van der Waals surface area contributed by atoms with Crippen molar-refractivity contribution < 1.29 is 18.0 Å². The van der Waals surface area contributed by atoms with Crippen molar-refractivity contribution in [2.75, 3.05) is 33.7 Å². The molecule has 0 aromatic rings. The van der Waals surface area contributed by atoms with E-state index in [2.05, 4.69) is 6.08 Å². The van der Waals surface area contributed by atoms with E-state index < -0.39 is 12.7 Å². The standard InChI is InChI=1S/C13H21F3N2O/c1-17(2)12(19)9-18(10-13(14,15)16)8-11-6-4-3-5-7-11/h3-4,11H,5-10H2,1-2H3/t11-/m1/s1. The first-order valence-corrected chi connectivity index (χ1v) is 6.42. The molecule has 0 radical (unpaired) electrons. The molecule has 1 rings (SSSR count). The van der Waals surface area contributed by atoms with Crippen LogP contribution in [0.4, 0.5) is 13.2 Å². The summed E-state index contributed by atoms with van der Waals surface area (Å²) < 4.78 is 37.6. The zero-order valence-corrected chi connectivity index (χ0v) is 11.4. The molecule has 6 heteroatoms. The Morgan fingerprint density at radius 1 is 1.32 bits per heavy atom. The number of carbonyl (C=O) groups is 1. The molecule has 0 aromatic heterocycles. The molecule has 0 saturated heterocycles. The molecule has 1 aliphatic rings. The Kier molecular flexibility index (Phi) is 5.85. The predicted octanol–water partition coefficient (Wildman–Crippen LogP) is 2.30. The fourth-order valence-electron chi connectivity index (χ4n) is 2.16. The molecule has 0 saturated carbocycles. The molecule has 110 valence electrons. The summed E-state index contributed by atoms with van der Waals surface area (Å²) in [6.45, 7) is -0.872. The lowest BCUT2D eigenvalue weighted by molar-refractivity contribution is -0.152. The van der Waals surface area contributed by atoms with Crippen LogP contribution in [-0.4, -0.2) is 55.6 Å². The molecule has 3 nitrogen and oxygen atoms in total. The molecule has 0 N–H and O–H groups in total. The Hall–Kier alpha value is -1.04. The van der Waals surface area contributed by atoms with Crippen molar-refractivity contribution in [3.63, 3.8) is 0 Å². The predicted molar refractivity (Wildman–Crippen MR) is 67.7 cm³/mol. The highest BCUT2D eigenvalue weighted by atomic mass is 19.4. The molecule has 1 amide bonds. The first-order valence-electron chi connectivity index (χ1n) is 6.42. The van der Waals surface area contributed by atoms with E-state index in [1.165, 1.54) is 9.80 Å². The van der Waals surface area contributed by atoms with Crippen molar-refractivity contribution in [1.82, 2.24) is 9.80 Å². The van der Waals surface area contributed by atoms with E-state index in [-0.39, 0.29) is 18.4 Å². The van der Waals surface area contributed by atoms with Crippen LogP contribution in [0.5, 0.6) is 0 Å². The minimum Gasteiger partial charge on any atom is -0.348 e. The summed E-state index contributed by atoms with van der Waals surface area (Å²) in [7, 11) is 3.11. The maximum Gasteiger partial charge on any atom is 0.401 e. The molecule has 19 heavy (non-hydrogen) atoms. The number of hydrogen-bond donors (Lipinski definition) is 0. The largest absolute Gasteiger partial charge is 0.401 e. The number of rotatable bonds is 5. The van der Waals surface area contributed by atoms with Crippen LogP contribution in [0.25, 0.3) is 0 Å². The smallest absolute Gasteiger partial charge is 0.348 e. The van der Waals surface area contributed by atoms with Crippen molar-refractivity contribution in [1.29, 1.82) is 0 Å². The van der Waals surface area contributed by atoms with Gasteiger partial charge in [-0.25, -0.2) is 0 Å². The Bertz CT molecular complexity index is 326. The van der Waals surface area contributed by atoms with Gasteiger partial charge in [-0.15, -0.1) is 0 Å². The summed E-state index contributed by atoms with van der Waals surface area (Å²) in [5, 5.41) is 0. The number of nitrogens with zero attached hydrogens (tertiary/aromatic N) is 2. The summed E-state index contributed by atoms with van der Waals surface area (Å²) in [5.74, 6) is -0.0853. The van der Waals surface area contributed by atoms with E-state index in [9.17, 15) is 18.0 Å². The highest BCUT2D eigenvalue weighted by Gasteiger charge is 2.32. The minimum atomic E-state index is -4.27. The van der Waals surface area contributed by atoms with Gasteiger partial charge in [-0.1, -0.05) is 12.2 Å². The molecular formula is C13H21F3N2O. The second kappa shape index (κ2) is 6.93. The van der Waals surface area contributed by atoms with Crippen LogP contribution in [0.15, 0.2) is 12.2 Å². The van der Waals surface area contributed by atoms with Crippen LogP contribution >= 0.6 is 0 Å². The van der Waals surface area contributed by atoms with Crippen molar-refractivity contribution in [2.24, 2.45) is 5.92 Å². The summed E-state index contributed by atoms with van der Waals surface area (Å²) in [6, 6.07) is 0. The monoisotopic (exact) mass is 278 g/mol. The van der Waals surface area contributed by atoms with E-state index in [1.54, 1.807) is 14.1 Å². The van der Waals surface area contributed by atoms with Gasteiger partial charge < -0.3 is 4.90 Å². The van der Waals surface area contributed by atoms with Crippen LogP contribution < -0.4 is 0 Å². The fourth-order valence-corrected chi connectivity index (χ4v) is 2.16. The zero-order chi connectivity index (χ0) is 14.5. The maximum absolute atomic E-state index is 12.5. The summed E-state index contributed by atoms with van der Waals surface area (Å²) in [4.78, 5) is 14.1. The normalized spacial score (nSPS) is 19.8. The van der Waals surface area contributed by atoms with Crippen molar-refractivity contribution in [3.8, 4) is 0 Å². The van der Waals surface area contributed by atoms with Crippen LogP contribution in [0.2, 0.25) is 0 Å². The van der Waals surface area contributed by atoms with Gasteiger partial charge in [0.15, 0.2) is 0 Å². The fraction of sp³-hybridized carbons (Fsp3) is 0.769. The van der Waals surface area contributed by atoms with E-state index >= 15 is 0 Å². The Morgan fingerprint density at radius 3 is 2.47 bits per heavy atom. The third-order valence-electron chi connectivity index (χ3n) is 3.15. The number of amides is 1. The SMILES string of the molecule is CN(C)C(=O)CN(C[C@@H]1CC=CCC1)CC(F)(F)F. The van der Waals surface area contributed by atoms with Crippen molar-refractivity contribution in [3.05, 3.63) is 12.2 Å². The summed E-state index contributed by atoms with van der Waals surface area (Å²) in [5.41, 5.74) is 0. The van der Waals surface area contributed by atoms with E-state index in [1.807, 2.05) is 6.08 Å². The van der Waals surface area contributed by atoms with Crippen LogP contribution in [0, 0.1) is 5.92 Å². The lowest BCUT2D eigenvalue weighted by atomic mass is 9.94. The zero-order valence-electron chi connectivity index (χ0n) is 11.4. The maximum atomic E-state index is 12.5. The molecule has 0 aliphatic heterocycles. The van der Waals surface area contributed by atoms with Crippen molar-refractivity contribution in [2.45, 2.75) is 25.4 Å². The number of halogens is 3. The van der Waals surface area contributed by atoms with Gasteiger partial charge in [0.1, 0.15) is 0 Å². The Morgan fingerprint density at radius 2 is 2.00 bits per heavy atom. The van der Waals surface area contributed by atoms with E-state index in [0.717, 1.165) is 19.3 Å². The number of likely N-dealkylation sites (N-methyl/N-ethyl adjacent to an activating group) is 1. The van der Waals surface area contributed by atoms with Crippen LogP contribution in [-0.2, 0) is 4.79 Å². The van der Waals surface area contributed by atoms with Crippen LogP contribution in [0.3, 0.4) is 0 Å². The molecule has 0 unspecified atom stereocenters. The highest BCUT2D eigenvalue weighted by Crippen LogP contribution is 2.22. The molecule has 0 heterocycles. The van der Waals surface area contributed by atoms with E-state index in [0.29, 0.717) is 6.54 Å². The Labute approximate surface area is 112 Å². The lowest BCUT2D eigenvalue weighted by Gasteiger charge is -2.29. The third-order valence-corrected chi connectivity index (χ3v) is 3.15. The molecule has 0 spiro atoms. The molecule has 0 aromatic carbocycles. The van der Waals surface area contributed by atoms with Gasteiger partial charge in [-0.2, -0.15) is 13.2 Å². The first kappa shape index (κ1) is 16.0. The van der Waals surface area contributed by atoms with Gasteiger partial charge in [0.25, 0.3) is 0 Å². The lowest BCUT2D eigenvalue weighted by Crippen LogP contribution is -2.43. The summed E-state index contributed by atoms with van der Waals surface area (Å²) in [6.07, 6.45) is 2.39. The van der Waals surface area contributed by atoms with Gasteiger partial charge in [-0.3, -0.25) is 9.69 Å². The van der Waals surface area contributed by atoms with Gasteiger partial charge >= 0.3 is 6.18 Å². The van der Waals surface area contributed by atoms with Gasteiger partial charge in [0.2, 0.25) is 5.91 Å². The number of carbonyl (C=O) groups excluding carboxylic acids is 1. The number of alkyl halides is 3. The average Bonchev–Trinajstić information content (AvgIpc) is 2.27. The van der Waals surface area contributed by atoms with Gasteiger partial charge in [0.05, 0.1) is 13.1 Å². The van der Waals surface area contributed by atoms with Crippen molar-refractivity contribution >= 4 is 5.91 Å². The van der Waals surface area contributed by atoms with Gasteiger partial charge in [-0.05, 0) is 25.2 Å².